The maximum atomic E-state index is 12.4. The number of amidine groups is 1. The van der Waals surface area contributed by atoms with E-state index in [-0.39, 0.29) is 24.1 Å². The van der Waals surface area contributed by atoms with E-state index in [0.29, 0.717) is 13.1 Å². The molecular weight excluding hydrogens is 263 g/mol. The molecule has 1 heterocycles. The Morgan fingerprint density at radius 2 is 2.05 bits per heavy atom. The van der Waals surface area contributed by atoms with Crippen LogP contribution in [0.25, 0.3) is 0 Å². The molecule has 0 saturated carbocycles. The SMILES string of the molecule is C=N/C(=N\C(=C)N1CC(CC(=O)OC)C1)C(F)(F)F. The average molecular weight is 277 g/mol. The first-order valence-corrected chi connectivity index (χ1v) is 5.41. The highest BCUT2D eigenvalue weighted by Crippen LogP contribution is 2.25. The maximum Gasteiger partial charge on any atom is 0.451 e. The molecule has 1 aliphatic rings. The number of nitrogens with zero attached hydrogens (tertiary/aromatic N) is 3. The van der Waals surface area contributed by atoms with E-state index in [0.717, 1.165) is 0 Å². The molecule has 106 valence electrons. The molecule has 19 heavy (non-hydrogen) atoms. The van der Waals surface area contributed by atoms with Gasteiger partial charge in [0.2, 0.25) is 5.84 Å². The zero-order valence-electron chi connectivity index (χ0n) is 10.4. The Bertz CT molecular complexity index is 412. The van der Waals surface area contributed by atoms with E-state index in [4.69, 9.17) is 0 Å². The standard InChI is InChI=1S/C11H14F3N3O2/c1-7(16-10(15-2)11(12,13)14)17-5-8(6-17)4-9(18)19-3/h8H,1-2,4-6H2,3H3/b16-10-. The van der Waals surface area contributed by atoms with Gasteiger partial charge < -0.3 is 9.64 Å². The van der Waals surface area contributed by atoms with Crippen LogP contribution in [0.15, 0.2) is 22.4 Å². The monoisotopic (exact) mass is 277 g/mol. The van der Waals surface area contributed by atoms with Gasteiger partial charge >= 0.3 is 12.1 Å². The van der Waals surface area contributed by atoms with Gasteiger partial charge in [-0.1, -0.05) is 6.58 Å². The second-order valence-electron chi connectivity index (χ2n) is 4.06. The van der Waals surface area contributed by atoms with Crippen molar-refractivity contribution in [1.82, 2.24) is 4.90 Å². The highest BCUT2D eigenvalue weighted by molar-refractivity contribution is 5.91. The lowest BCUT2D eigenvalue weighted by atomic mass is 9.97. The highest BCUT2D eigenvalue weighted by Gasteiger charge is 2.37. The van der Waals surface area contributed by atoms with Gasteiger partial charge in [-0.2, -0.15) is 13.2 Å². The van der Waals surface area contributed by atoms with Crippen LogP contribution < -0.4 is 0 Å². The summed E-state index contributed by atoms with van der Waals surface area (Å²) in [6, 6.07) is 0. The Hall–Kier alpha value is -1.86. The van der Waals surface area contributed by atoms with Gasteiger partial charge in [-0.25, -0.2) is 9.98 Å². The Kier molecular flexibility index (Phi) is 4.68. The number of ether oxygens (including phenoxy) is 1. The molecule has 1 aliphatic heterocycles. The van der Waals surface area contributed by atoms with Crippen molar-refractivity contribution in [1.29, 1.82) is 0 Å². The smallest absolute Gasteiger partial charge is 0.451 e. The van der Waals surface area contributed by atoms with Gasteiger partial charge in [-0.15, -0.1) is 0 Å². The third-order valence-corrected chi connectivity index (χ3v) is 2.64. The Morgan fingerprint density at radius 1 is 1.47 bits per heavy atom. The predicted octanol–water partition coefficient (Wildman–Crippen LogP) is 1.61. The zero-order valence-corrected chi connectivity index (χ0v) is 10.4. The molecule has 0 aromatic rings. The molecule has 0 N–H and O–H groups in total. The van der Waals surface area contributed by atoms with Gasteiger partial charge in [0, 0.05) is 19.0 Å². The minimum atomic E-state index is -4.65. The summed E-state index contributed by atoms with van der Waals surface area (Å²) in [7, 11) is 1.29. The number of aliphatic imine (C=N–C) groups is 2. The van der Waals surface area contributed by atoms with Crippen molar-refractivity contribution >= 4 is 18.5 Å². The molecule has 1 rings (SSSR count). The molecule has 0 bridgehead atoms. The van der Waals surface area contributed by atoms with Gasteiger partial charge in [0.15, 0.2) is 0 Å². The van der Waals surface area contributed by atoms with Crippen LogP contribution in [0.2, 0.25) is 0 Å². The van der Waals surface area contributed by atoms with Gasteiger partial charge in [-0.3, -0.25) is 4.79 Å². The lowest BCUT2D eigenvalue weighted by molar-refractivity contribution is -0.142. The number of esters is 1. The van der Waals surface area contributed by atoms with Crippen LogP contribution in [0, 0.1) is 5.92 Å². The highest BCUT2D eigenvalue weighted by atomic mass is 19.4. The van der Waals surface area contributed by atoms with Crippen LogP contribution in [0.3, 0.4) is 0 Å². The molecule has 0 aromatic heterocycles. The van der Waals surface area contributed by atoms with Crippen LogP contribution in [-0.2, 0) is 9.53 Å². The van der Waals surface area contributed by atoms with Crippen molar-refractivity contribution in [2.75, 3.05) is 20.2 Å². The van der Waals surface area contributed by atoms with Gasteiger partial charge in [0.25, 0.3) is 0 Å². The van der Waals surface area contributed by atoms with Gasteiger partial charge in [-0.05, 0) is 6.72 Å². The number of carbonyl (C=O) groups excluding carboxylic acids is 1. The van der Waals surface area contributed by atoms with Crippen molar-refractivity contribution < 1.29 is 22.7 Å². The third kappa shape index (κ3) is 4.08. The van der Waals surface area contributed by atoms with Crippen molar-refractivity contribution in [3.8, 4) is 0 Å². The lowest BCUT2D eigenvalue weighted by Crippen LogP contribution is -2.46. The molecule has 5 nitrogen and oxygen atoms in total. The second kappa shape index (κ2) is 5.85. The van der Waals surface area contributed by atoms with E-state index in [1.165, 1.54) is 12.0 Å². The maximum absolute atomic E-state index is 12.4. The number of hydrogen-bond acceptors (Lipinski definition) is 4. The minimum Gasteiger partial charge on any atom is -0.469 e. The van der Waals surface area contributed by atoms with E-state index in [1.807, 2.05) is 0 Å². The van der Waals surface area contributed by atoms with Crippen molar-refractivity contribution in [3.05, 3.63) is 12.4 Å². The third-order valence-electron chi connectivity index (χ3n) is 2.64. The van der Waals surface area contributed by atoms with Crippen molar-refractivity contribution in [2.45, 2.75) is 12.6 Å². The molecule has 0 amide bonds. The number of hydrogen-bond donors (Lipinski definition) is 0. The summed E-state index contributed by atoms with van der Waals surface area (Å²) >= 11 is 0. The van der Waals surface area contributed by atoms with E-state index in [9.17, 15) is 18.0 Å². The topological polar surface area (TPSA) is 54.3 Å². The fourth-order valence-electron chi connectivity index (χ4n) is 1.61. The summed E-state index contributed by atoms with van der Waals surface area (Å²) in [5, 5.41) is 0. The van der Waals surface area contributed by atoms with E-state index >= 15 is 0 Å². The first-order valence-electron chi connectivity index (χ1n) is 5.41. The molecule has 1 saturated heterocycles. The summed E-state index contributed by atoms with van der Waals surface area (Å²) < 4.78 is 41.6. The molecule has 1 fully saturated rings. The quantitative estimate of drug-likeness (QED) is 0.445. The largest absolute Gasteiger partial charge is 0.469 e. The zero-order chi connectivity index (χ0) is 14.6. The summed E-state index contributed by atoms with van der Waals surface area (Å²) in [5.41, 5.74) is 0. The first kappa shape index (κ1) is 15.2. The molecular formula is C11H14F3N3O2. The molecule has 0 radical (unpaired) electrons. The number of alkyl halides is 3. The predicted molar refractivity (Wildman–Crippen MR) is 63.9 cm³/mol. The van der Waals surface area contributed by atoms with Gasteiger partial charge in [0.05, 0.1) is 13.5 Å². The van der Waals surface area contributed by atoms with E-state index in [2.05, 4.69) is 28.0 Å². The van der Waals surface area contributed by atoms with Crippen LogP contribution in [0.4, 0.5) is 13.2 Å². The lowest BCUT2D eigenvalue weighted by Gasteiger charge is -2.40. The Balaban J connectivity index is 2.52. The molecule has 0 atom stereocenters. The molecule has 0 aromatic carbocycles. The van der Waals surface area contributed by atoms with Crippen molar-refractivity contribution in [3.63, 3.8) is 0 Å². The summed E-state index contributed by atoms with van der Waals surface area (Å²) in [4.78, 5) is 18.7. The summed E-state index contributed by atoms with van der Waals surface area (Å²) in [5.74, 6) is -1.66. The molecule has 0 spiro atoms. The number of methoxy groups -OCH3 is 1. The van der Waals surface area contributed by atoms with Gasteiger partial charge in [0.1, 0.15) is 5.82 Å². The number of halogens is 3. The number of carbonyl (C=O) groups is 1. The molecule has 8 heteroatoms. The van der Waals surface area contributed by atoms with Crippen LogP contribution >= 0.6 is 0 Å². The van der Waals surface area contributed by atoms with Crippen LogP contribution in [0.5, 0.6) is 0 Å². The van der Waals surface area contributed by atoms with Crippen LogP contribution in [0.1, 0.15) is 6.42 Å². The minimum absolute atomic E-state index is 0.0409. The Morgan fingerprint density at radius 3 is 2.47 bits per heavy atom. The van der Waals surface area contributed by atoms with Crippen LogP contribution in [-0.4, -0.2) is 49.8 Å². The normalized spacial score (nSPS) is 16.8. The fraction of sp³-hybridized carbons (Fsp3) is 0.545. The van der Waals surface area contributed by atoms with E-state index < -0.39 is 12.0 Å². The second-order valence-corrected chi connectivity index (χ2v) is 4.06. The summed E-state index contributed by atoms with van der Waals surface area (Å²) in [6.07, 6.45) is -4.42. The molecule has 0 unspecified atom stereocenters. The fourth-order valence-corrected chi connectivity index (χ4v) is 1.61. The van der Waals surface area contributed by atoms with E-state index in [1.54, 1.807) is 0 Å². The number of rotatable bonds is 4. The Labute approximate surface area is 108 Å². The first-order chi connectivity index (χ1) is 8.77. The number of likely N-dealkylation sites (tertiary alicyclic amines) is 1. The average Bonchev–Trinajstić information content (AvgIpc) is 2.27. The molecule has 0 aliphatic carbocycles. The summed E-state index contributed by atoms with van der Waals surface area (Å²) in [6.45, 7) is 7.11. The van der Waals surface area contributed by atoms with Crippen molar-refractivity contribution in [2.24, 2.45) is 15.9 Å².